The highest BCUT2D eigenvalue weighted by molar-refractivity contribution is 5.95. The van der Waals surface area contributed by atoms with Crippen molar-refractivity contribution in [1.29, 1.82) is 0 Å². The summed E-state index contributed by atoms with van der Waals surface area (Å²) in [5, 5.41) is 17.1. The fraction of sp³-hybridized carbons (Fsp3) is 0.500. The average molecular weight is 346 g/mol. The van der Waals surface area contributed by atoms with Crippen LogP contribution in [0.3, 0.4) is 0 Å². The van der Waals surface area contributed by atoms with Gasteiger partial charge in [0.2, 0.25) is 0 Å². The molecule has 1 fully saturated rings. The molecular weight excluding hydrogens is 323 g/mol. The van der Waals surface area contributed by atoms with Crippen molar-refractivity contribution >= 4 is 5.91 Å². The number of halogens is 1. The second-order valence-corrected chi connectivity index (χ2v) is 6.62. The molecule has 0 bridgehead atoms. The molecule has 1 atom stereocenters. The summed E-state index contributed by atoms with van der Waals surface area (Å²) in [6, 6.07) is 4.29. The van der Waals surface area contributed by atoms with E-state index in [1.807, 2.05) is 11.1 Å². The predicted octanol–water partition coefficient (Wildman–Crippen LogP) is 1.81. The number of amides is 1. The van der Waals surface area contributed by atoms with Crippen molar-refractivity contribution in [2.45, 2.75) is 32.7 Å². The molecule has 1 aliphatic rings. The van der Waals surface area contributed by atoms with E-state index in [9.17, 15) is 9.18 Å². The van der Waals surface area contributed by atoms with Crippen LogP contribution in [0.1, 0.15) is 34.5 Å². The lowest BCUT2D eigenvalue weighted by Crippen LogP contribution is -2.41. The molecule has 134 valence electrons. The Kier molecular flexibility index (Phi) is 5.43. The second-order valence-electron chi connectivity index (χ2n) is 6.62. The lowest BCUT2D eigenvalue weighted by Gasteiger charge is -2.33. The molecular formula is C18H23FN4O2. The van der Waals surface area contributed by atoms with Crippen LogP contribution in [0, 0.1) is 18.7 Å². The SMILES string of the molecule is Cc1cc(F)ccc1C(=O)N1CCCC(Cn2cc(CCO)nn2)C1. The zero-order chi connectivity index (χ0) is 17.8. The molecule has 25 heavy (non-hydrogen) atoms. The Morgan fingerprint density at radius 2 is 2.28 bits per heavy atom. The third kappa shape index (κ3) is 4.22. The van der Waals surface area contributed by atoms with Crippen LogP contribution in [0.5, 0.6) is 0 Å². The number of aromatic nitrogens is 3. The van der Waals surface area contributed by atoms with Crippen molar-refractivity contribution < 1.29 is 14.3 Å². The maximum Gasteiger partial charge on any atom is 0.254 e. The first-order chi connectivity index (χ1) is 12.1. The van der Waals surface area contributed by atoms with E-state index in [1.165, 1.54) is 12.1 Å². The van der Waals surface area contributed by atoms with Gasteiger partial charge < -0.3 is 10.0 Å². The van der Waals surface area contributed by atoms with Gasteiger partial charge in [-0.25, -0.2) is 4.39 Å². The minimum atomic E-state index is -0.324. The van der Waals surface area contributed by atoms with Crippen molar-refractivity contribution in [1.82, 2.24) is 19.9 Å². The Labute approximate surface area is 146 Å². The topological polar surface area (TPSA) is 71.2 Å². The molecule has 3 rings (SSSR count). The monoisotopic (exact) mass is 346 g/mol. The number of nitrogens with zero attached hydrogens (tertiary/aromatic N) is 4. The fourth-order valence-electron chi connectivity index (χ4n) is 3.36. The van der Waals surface area contributed by atoms with Crippen molar-refractivity contribution in [2.75, 3.05) is 19.7 Å². The van der Waals surface area contributed by atoms with Gasteiger partial charge in [-0.2, -0.15) is 0 Å². The molecule has 2 heterocycles. The van der Waals surface area contributed by atoms with Crippen LogP contribution in [0.15, 0.2) is 24.4 Å². The fourth-order valence-corrected chi connectivity index (χ4v) is 3.36. The number of hydrogen-bond donors (Lipinski definition) is 1. The highest BCUT2D eigenvalue weighted by Gasteiger charge is 2.26. The number of aryl methyl sites for hydroxylation is 1. The summed E-state index contributed by atoms with van der Waals surface area (Å²) in [4.78, 5) is 14.6. The van der Waals surface area contributed by atoms with Gasteiger partial charge in [-0.05, 0) is 49.4 Å². The molecule has 6 nitrogen and oxygen atoms in total. The summed E-state index contributed by atoms with van der Waals surface area (Å²) in [7, 11) is 0. The van der Waals surface area contributed by atoms with Gasteiger partial charge in [0.25, 0.3) is 5.91 Å². The van der Waals surface area contributed by atoms with Crippen molar-refractivity contribution in [3.8, 4) is 0 Å². The third-order valence-electron chi connectivity index (χ3n) is 4.62. The van der Waals surface area contributed by atoms with Crippen LogP contribution in [-0.4, -0.2) is 50.6 Å². The van der Waals surface area contributed by atoms with E-state index in [1.54, 1.807) is 17.7 Å². The van der Waals surface area contributed by atoms with Crippen LogP contribution in [-0.2, 0) is 13.0 Å². The summed E-state index contributed by atoms with van der Waals surface area (Å²) < 4.78 is 15.0. The zero-order valence-corrected chi connectivity index (χ0v) is 14.4. The van der Waals surface area contributed by atoms with Gasteiger partial charge in [-0.3, -0.25) is 9.48 Å². The number of benzene rings is 1. The largest absolute Gasteiger partial charge is 0.396 e. The van der Waals surface area contributed by atoms with E-state index < -0.39 is 0 Å². The summed E-state index contributed by atoms with van der Waals surface area (Å²) in [6.07, 6.45) is 4.32. The molecule has 1 aromatic carbocycles. The maximum atomic E-state index is 13.3. The third-order valence-corrected chi connectivity index (χ3v) is 4.62. The van der Waals surface area contributed by atoms with Crippen molar-refractivity contribution in [3.63, 3.8) is 0 Å². The Hall–Kier alpha value is -2.28. The minimum absolute atomic E-state index is 0.0400. The lowest BCUT2D eigenvalue weighted by atomic mass is 9.96. The van der Waals surface area contributed by atoms with Crippen molar-refractivity contribution in [2.24, 2.45) is 5.92 Å². The van der Waals surface area contributed by atoms with E-state index in [4.69, 9.17) is 5.11 Å². The molecule has 1 aliphatic heterocycles. The van der Waals surface area contributed by atoms with E-state index in [2.05, 4.69) is 10.3 Å². The van der Waals surface area contributed by atoms with Crippen LogP contribution in [0.25, 0.3) is 0 Å². The van der Waals surface area contributed by atoms with E-state index in [-0.39, 0.29) is 18.3 Å². The molecule has 1 saturated heterocycles. The van der Waals surface area contributed by atoms with Gasteiger partial charge in [0, 0.05) is 44.4 Å². The molecule has 1 amide bonds. The van der Waals surface area contributed by atoms with Gasteiger partial charge in [0.05, 0.1) is 5.69 Å². The van der Waals surface area contributed by atoms with Gasteiger partial charge in [-0.1, -0.05) is 5.21 Å². The molecule has 1 unspecified atom stereocenters. The maximum absolute atomic E-state index is 13.3. The molecule has 0 spiro atoms. The standard InChI is InChI=1S/C18H23FN4O2/c1-13-9-15(19)4-5-17(13)18(25)22-7-2-3-14(10-22)11-23-12-16(6-8-24)20-21-23/h4-5,9,12,14,24H,2-3,6-8,10-11H2,1H3. The van der Waals surface area contributed by atoms with Crippen molar-refractivity contribution in [3.05, 3.63) is 47.0 Å². The van der Waals surface area contributed by atoms with Gasteiger partial charge in [0.1, 0.15) is 5.82 Å². The second kappa shape index (κ2) is 7.74. The average Bonchev–Trinajstić information content (AvgIpc) is 3.02. The summed E-state index contributed by atoms with van der Waals surface area (Å²) in [5.74, 6) is -0.0562. The summed E-state index contributed by atoms with van der Waals surface area (Å²) in [6.45, 7) is 3.89. The number of carbonyl (C=O) groups excluding carboxylic acids is 1. The van der Waals surface area contributed by atoms with Crippen LogP contribution < -0.4 is 0 Å². The van der Waals surface area contributed by atoms with Gasteiger partial charge in [-0.15, -0.1) is 5.10 Å². The highest BCUT2D eigenvalue weighted by Crippen LogP contribution is 2.21. The van der Waals surface area contributed by atoms with E-state index >= 15 is 0 Å². The van der Waals surface area contributed by atoms with Gasteiger partial charge >= 0.3 is 0 Å². The molecule has 1 N–H and O–H groups in total. The number of likely N-dealkylation sites (tertiary alicyclic amines) is 1. The van der Waals surface area contributed by atoms with Crippen LogP contribution in [0.4, 0.5) is 4.39 Å². The Morgan fingerprint density at radius 3 is 3.04 bits per heavy atom. The normalized spacial score (nSPS) is 17.7. The number of aliphatic hydroxyl groups is 1. The highest BCUT2D eigenvalue weighted by atomic mass is 19.1. The summed E-state index contributed by atoms with van der Waals surface area (Å²) >= 11 is 0. The van der Waals surface area contributed by atoms with Gasteiger partial charge in [0.15, 0.2) is 0 Å². The summed E-state index contributed by atoms with van der Waals surface area (Å²) in [5.41, 5.74) is 2.00. The lowest BCUT2D eigenvalue weighted by molar-refractivity contribution is 0.0658. The first-order valence-corrected chi connectivity index (χ1v) is 8.62. The molecule has 2 aromatic rings. The Balaban J connectivity index is 1.64. The quantitative estimate of drug-likeness (QED) is 0.896. The molecule has 0 aliphatic carbocycles. The molecule has 1 aromatic heterocycles. The first kappa shape index (κ1) is 17.5. The Morgan fingerprint density at radius 1 is 1.44 bits per heavy atom. The number of rotatable bonds is 5. The number of hydrogen-bond acceptors (Lipinski definition) is 4. The Bertz CT molecular complexity index is 746. The molecule has 7 heteroatoms. The van der Waals surface area contributed by atoms with E-state index in [0.29, 0.717) is 36.6 Å². The number of carbonyl (C=O) groups is 1. The first-order valence-electron chi connectivity index (χ1n) is 8.62. The zero-order valence-electron chi connectivity index (χ0n) is 14.4. The molecule has 0 saturated carbocycles. The van der Waals surface area contributed by atoms with Crippen LogP contribution >= 0.6 is 0 Å². The van der Waals surface area contributed by atoms with Crippen LogP contribution in [0.2, 0.25) is 0 Å². The predicted molar refractivity (Wildman–Crippen MR) is 90.6 cm³/mol. The number of aliphatic hydroxyl groups excluding tert-OH is 1. The number of piperidine rings is 1. The van der Waals surface area contributed by atoms with E-state index in [0.717, 1.165) is 25.1 Å². The molecule has 0 radical (unpaired) electrons. The minimum Gasteiger partial charge on any atom is -0.396 e. The smallest absolute Gasteiger partial charge is 0.254 e.